The average Bonchev–Trinajstić information content (AvgIpc) is 1.88. The Labute approximate surface area is 58.1 Å². The molecule has 1 rings (SSSR count). The van der Waals surface area contributed by atoms with Gasteiger partial charge >= 0.3 is 0 Å². The van der Waals surface area contributed by atoms with Crippen molar-refractivity contribution in [1.82, 2.24) is 0 Å². The molecule has 1 saturated heterocycles. The molecule has 0 bridgehead atoms. The zero-order valence-electron chi connectivity index (χ0n) is 5.56. The van der Waals surface area contributed by atoms with Crippen LogP contribution in [-0.4, -0.2) is 26.4 Å². The third-order valence-corrected chi connectivity index (χ3v) is 1.39. The summed E-state index contributed by atoms with van der Waals surface area (Å²) < 4.78 is 33.1. The second-order valence-electron chi connectivity index (χ2n) is 2.35. The number of hydrogen-bond acceptors (Lipinski definition) is 2. The van der Waals surface area contributed by atoms with Gasteiger partial charge in [-0.2, -0.15) is 0 Å². The zero-order valence-corrected chi connectivity index (χ0v) is 5.56. The second-order valence-corrected chi connectivity index (χ2v) is 2.35. The van der Waals surface area contributed by atoms with Gasteiger partial charge < -0.3 is 9.47 Å². The minimum absolute atomic E-state index is 0.111. The lowest BCUT2D eigenvalue weighted by atomic mass is 10.1. The van der Waals surface area contributed by atoms with E-state index in [-0.39, 0.29) is 19.1 Å². The van der Waals surface area contributed by atoms with Crippen molar-refractivity contribution >= 4 is 0 Å². The number of alkyl halides is 2. The van der Waals surface area contributed by atoms with Gasteiger partial charge in [0.2, 0.25) is 6.43 Å². The van der Waals surface area contributed by atoms with E-state index in [1.165, 1.54) is 0 Å². The molecular formula is C6H10F2O2. The maximum absolute atomic E-state index is 11.7. The molecule has 60 valence electrons. The van der Waals surface area contributed by atoms with Crippen molar-refractivity contribution in [3.8, 4) is 0 Å². The van der Waals surface area contributed by atoms with Gasteiger partial charge in [-0.25, -0.2) is 8.78 Å². The van der Waals surface area contributed by atoms with Crippen molar-refractivity contribution in [1.29, 1.82) is 0 Å². The normalized spacial score (nSPS) is 21.9. The lowest BCUT2D eigenvalue weighted by molar-refractivity contribution is -0.133. The first-order valence-corrected chi connectivity index (χ1v) is 3.22. The van der Waals surface area contributed by atoms with Crippen LogP contribution in [0, 0.1) is 5.92 Å². The van der Waals surface area contributed by atoms with Crippen LogP contribution in [0.1, 0.15) is 6.42 Å². The number of hydrogen-bond donors (Lipinski definition) is 0. The van der Waals surface area contributed by atoms with Gasteiger partial charge in [-0.15, -0.1) is 0 Å². The van der Waals surface area contributed by atoms with Gasteiger partial charge in [-0.05, 0) is 0 Å². The van der Waals surface area contributed by atoms with Crippen LogP contribution in [0.15, 0.2) is 0 Å². The monoisotopic (exact) mass is 152 g/mol. The highest BCUT2D eigenvalue weighted by Gasteiger charge is 2.18. The van der Waals surface area contributed by atoms with Crippen molar-refractivity contribution in [3.05, 3.63) is 0 Å². The third-order valence-electron chi connectivity index (χ3n) is 1.39. The summed E-state index contributed by atoms with van der Waals surface area (Å²) in [6, 6.07) is 0. The molecule has 1 fully saturated rings. The van der Waals surface area contributed by atoms with Gasteiger partial charge in [0, 0.05) is 12.3 Å². The Hall–Kier alpha value is -0.220. The molecule has 0 aromatic carbocycles. The van der Waals surface area contributed by atoms with E-state index in [9.17, 15) is 8.78 Å². The summed E-state index contributed by atoms with van der Waals surface area (Å²) in [4.78, 5) is 0. The molecule has 0 saturated carbocycles. The van der Waals surface area contributed by atoms with Crippen molar-refractivity contribution in [2.45, 2.75) is 12.8 Å². The highest BCUT2D eigenvalue weighted by Crippen LogP contribution is 2.14. The molecule has 1 aliphatic heterocycles. The summed E-state index contributed by atoms with van der Waals surface area (Å²) in [6.45, 7) is 1.06. The van der Waals surface area contributed by atoms with Crippen LogP contribution in [0.25, 0.3) is 0 Å². The molecule has 0 atom stereocenters. The van der Waals surface area contributed by atoms with Gasteiger partial charge in [-0.1, -0.05) is 0 Å². The molecule has 0 radical (unpaired) electrons. The Morgan fingerprint density at radius 2 is 1.90 bits per heavy atom. The van der Waals surface area contributed by atoms with Crippen LogP contribution in [0.3, 0.4) is 0 Å². The van der Waals surface area contributed by atoms with E-state index < -0.39 is 6.43 Å². The van der Waals surface area contributed by atoms with Gasteiger partial charge in [-0.3, -0.25) is 0 Å². The highest BCUT2D eigenvalue weighted by molar-refractivity contribution is 4.60. The van der Waals surface area contributed by atoms with Crippen LogP contribution in [0.4, 0.5) is 8.78 Å². The minimum Gasteiger partial charge on any atom is -0.355 e. The molecule has 0 aromatic heterocycles. The summed E-state index contributed by atoms with van der Waals surface area (Å²) in [5.41, 5.74) is 0. The molecule has 0 spiro atoms. The van der Waals surface area contributed by atoms with Crippen molar-refractivity contribution < 1.29 is 18.3 Å². The Balaban J connectivity index is 2.13. The predicted molar refractivity (Wildman–Crippen MR) is 30.9 cm³/mol. The van der Waals surface area contributed by atoms with Crippen LogP contribution in [-0.2, 0) is 9.47 Å². The first-order chi connectivity index (χ1) is 4.79. The topological polar surface area (TPSA) is 18.5 Å². The van der Waals surface area contributed by atoms with Gasteiger partial charge in [0.1, 0.15) is 6.79 Å². The predicted octanol–water partition coefficient (Wildman–Crippen LogP) is 1.26. The fourth-order valence-electron chi connectivity index (χ4n) is 0.925. The molecule has 0 unspecified atom stereocenters. The van der Waals surface area contributed by atoms with Crippen molar-refractivity contribution in [3.63, 3.8) is 0 Å². The molecular weight excluding hydrogens is 142 g/mol. The zero-order chi connectivity index (χ0) is 7.40. The fraction of sp³-hybridized carbons (Fsp3) is 1.00. The minimum atomic E-state index is -2.24. The molecule has 0 N–H and O–H groups in total. The lowest BCUT2D eigenvalue weighted by Gasteiger charge is -2.21. The van der Waals surface area contributed by atoms with Crippen molar-refractivity contribution in [2.75, 3.05) is 20.0 Å². The van der Waals surface area contributed by atoms with E-state index in [0.29, 0.717) is 13.2 Å². The molecule has 2 nitrogen and oxygen atoms in total. The SMILES string of the molecule is FC(F)CC1COCOC1. The van der Waals surface area contributed by atoms with E-state index in [4.69, 9.17) is 9.47 Å². The third kappa shape index (κ3) is 2.58. The Morgan fingerprint density at radius 1 is 1.30 bits per heavy atom. The number of halogens is 2. The molecule has 0 aliphatic carbocycles. The first-order valence-electron chi connectivity index (χ1n) is 3.22. The van der Waals surface area contributed by atoms with E-state index in [2.05, 4.69) is 0 Å². The van der Waals surface area contributed by atoms with E-state index in [1.807, 2.05) is 0 Å². The molecule has 1 heterocycles. The second kappa shape index (κ2) is 3.83. The quantitative estimate of drug-likeness (QED) is 0.593. The Bertz CT molecular complexity index is 91.7. The largest absolute Gasteiger partial charge is 0.355 e. The molecule has 0 aromatic rings. The van der Waals surface area contributed by atoms with Gasteiger partial charge in [0.05, 0.1) is 13.2 Å². The maximum Gasteiger partial charge on any atom is 0.239 e. The molecule has 0 amide bonds. The summed E-state index contributed by atoms with van der Waals surface area (Å²) in [7, 11) is 0. The number of ether oxygens (including phenoxy) is 2. The smallest absolute Gasteiger partial charge is 0.239 e. The van der Waals surface area contributed by atoms with Crippen LogP contribution in [0.5, 0.6) is 0 Å². The molecule has 1 aliphatic rings. The summed E-state index contributed by atoms with van der Waals surface area (Å²) in [5.74, 6) is -0.117. The maximum atomic E-state index is 11.7. The molecule has 4 heteroatoms. The summed E-state index contributed by atoms with van der Waals surface area (Å²) >= 11 is 0. The van der Waals surface area contributed by atoms with Gasteiger partial charge in [0.25, 0.3) is 0 Å². The molecule has 10 heavy (non-hydrogen) atoms. The fourth-order valence-corrected chi connectivity index (χ4v) is 0.925. The van der Waals surface area contributed by atoms with Crippen molar-refractivity contribution in [2.24, 2.45) is 5.92 Å². The first kappa shape index (κ1) is 7.88. The highest BCUT2D eigenvalue weighted by atomic mass is 19.3. The number of rotatable bonds is 2. The Kier molecular flexibility index (Phi) is 3.02. The van der Waals surface area contributed by atoms with Crippen LogP contribution in [0.2, 0.25) is 0 Å². The van der Waals surface area contributed by atoms with Gasteiger partial charge in [0.15, 0.2) is 0 Å². The van der Waals surface area contributed by atoms with E-state index in [1.54, 1.807) is 0 Å². The standard InChI is InChI=1S/C6H10F2O2/c7-6(8)1-5-2-9-4-10-3-5/h5-6H,1-4H2. The van der Waals surface area contributed by atoms with E-state index in [0.717, 1.165) is 0 Å². The summed E-state index contributed by atoms with van der Waals surface area (Å²) in [5, 5.41) is 0. The lowest BCUT2D eigenvalue weighted by Crippen LogP contribution is -2.25. The average molecular weight is 152 g/mol. The van der Waals surface area contributed by atoms with E-state index >= 15 is 0 Å². The Morgan fingerprint density at radius 3 is 2.40 bits per heavy atom. The van der Waals surface area contributed by atoms with Crippen LogP contribution >= 0.6 is 0 Å². The summed E-state index contributed by atoms with van der Waals surface area (Å²) in [6.07, 6.45) is -2.35. The van der Waals surface area contributed by atoms with Crippen LogP contribution < -0.4 is 0 Å².